The van der Waals surface area contributed by atoms with Gasteiger partial charge in [-0.25, -0.2) is 32.1 Å². The Morgan fingerprint density at radius 3 is 2.57 bits per heavy atom. The number of nitrogens with one attached hydrogen (secondary N) is 1. The molecule has 1 unspecified atom stereocenters. The highest BCUT2D eigenvalue weighted by Crippen LogP contribution is 2.39. The van der Waals surface area contributed by atoms with Crippen molar-refractivity contribution < 1.29 is 26.7 Å². The predicted octanol–water partition coefficient (Wildman–Crippen LogP) is 3.20. The van der Waals surface area contributed by atoms with Gasteiger partial charge in [-0.3, -0.25) is 0 Å². The van der Waals surface area contributed by atoms with E-state index >= 15 is 0 Å². The smallest absolute Gasteiger partial charge is 0.410 e. The second kappa shape index (κ2) is 8.26. The van der Waals surface area contributed by atoms with E-state index < -0.39 is 57.1 Å². The number of hydrogen-bond donors (Lipinski definition) is 2. The van der Waals surface area contributed by atoms with E-state index in [9.17, 15) is 22.0 Å². The fraction of sp³-hybridized carbons (Fsp3) is 0.684. The molecule has 1 amide bonds. The highest BCUT2D eigenvalue weighted by atomic mass is 32.2. The molecule has 0 bridgehead atoms. The number of anilines is 1. The van der Waals surface area contributed by atoms with Crippen LogP contribution in [0.3, 0.4) is 0 Å². The second-order valence-corrected chi connectivity index (χ2v) is 10.8. The number of carbonyl (C=O) groups is 1. The zero-order chi connectivity index (χ0) is 23.0. The topological polar surface area (TPSA) is 115 Å². The fourth-order valence-corrected chi connectivity index (χ4v) is 4.04. The molecule has 0 aromatic carbocycles. The van der Waals surface area contributed by atoms with Gasteiger partial charge in [0.15, 0.2) is 5.03 Å². The van der Waals surface area contributed by atoms with Gasteiger partial charge in [0.25, 0.3) is 15.9 Å². The van der Waals surface area contributed by atoms with Crippen molar-refractivity contribution in [1.29, 1.82) is 0 Å². The summed E-state index contributed by atoms with van der Waals surface area (Å²) in [7, 11) is -4.03. The van der Waals surface area contributed by atoms with Crippen LogP contribution in [0.15, 0.2) is 23.2 Å². The molecular weight excluding hydrogens is 418 g/mol. The van der Waals surface area contributed by atoms with Crippen LogP contribution in [-0.4, -0.2) is 54.5 Å². The Morgan fingerprint density at radius 1 is 1.37 bits per heavy atom. The van der Waals surface area contributed by atoms with Crippen molar-refractivity contribution in [2.45, 2.75) is 69.5 Å². The maximum Gasteiger partial charge on any atom is 0.410 e. The lowest BCUT2D eigenvalue weighted by molar-refractivity contribution is -0.00995. The molecule has 0 aliphatic carbocycles. The van der Waals surface area contributed by atoms with Gasteiger partial charge < -0.3 is 15.0 Å². The van der Waals surface area contributed by atoms with Crippen LogP contribution in [0.25, 0.3) is 0 Å². The third kappa shape index (κ3) is 6.76. The molecule has 1 aliphatic heterocycles. The Balaban J connectivity index is 1.99. The van der Waals surface area contributed by atoms with Crippen LogP contribution in [0.2, 0.25) is 0 Å². The standard InChI is InChI=1S/C19H30F2N4O4S/c1-17(2,3)29-16(26)25-11-13(9-18(25,4)5)10-19(20,21)12-23-14-7-6-8-15(24-14)30(22,27)28/h6-8,13H,9-12H2,1-5H3,(H,23,24)(H2,22,27,28). The van der Waals surface area contributed by atoms with E-state index in [-0.39, 0.29) is 12.4 Å². The van der Waals surface area contributed by atoms with E-state index in [0.717, 1.165) is 0 Å². The number of nitrogens with two attached hydrogens (primary N) is 1. The summed E-state index contributed by atoms with van der Waals surface area (Å²) in [5.74, 6) is -3.51. The second-order valence-electron chi connectivity index (χ2n) is 9.29. The number of sulfonamides is 1. The van der Waals surface area contributed by atoms with Crippen molar-refractivity contribution in [2.75, 3.05) is 18.4 Å². The van der Waals surface area contributed by atoms with Crippen LogP contribution in [0.5, 0.6) is 0 Å². The number of amides is 1. The Labute approximate surface area is 176 Å². The summed E-state index contributed by atoms with van der Waals surface area (Å²) < 4.78 is 57.3. The minimum atomic E-state index is -4.03. The first kappa shape index (κ1) is 24.3. The SMILES string of the molecule is CC(C)(C)OC(=O)N1CC(CC(F)(F)CNc2cccc(S(N)(=O)=O)n2)CC1(C)C. The van der Waals surface area contributed by atoms with Crippen LogP contribution in [0.4, 0.5) is 19.4 Å². The van der Waals surface area contributed by atoms with Crippen LogP contribution in [0.1, 0.15) is 47.5 Å². The summed E-state index contributed by atoms with van der Waals surface area (Å²) in [6.07, 6.45) is -0.529. The highest BCUT2D eigenvalue weighted by molar-refractivity contribution is 7.89. The molecular formula is C19H30F2N4O4S. The summed E-state index contributed by atoms with van der Waals surface area (Å²) >= 11 is 0. The van der Waals surface area contributed by atoms with Crippen molar-refractivity contribution in [1.82, 2.24) is 9.88 Å². The van der Waals surface area contributed by atoms with Gasteiger partial charge in [-0.1, -0.05) is 6.07 Å². The number of alkyl halides is 2. The molecule has 0 saturated carbocycles. The predicted molar refractivity (Wildman–Crippen MR) is 109 cm³/mol. The lowest BCUT2D eigenvalue weighted by atomic mass is 9.92. The third-order valence-electron chi connectivity index (χ3n) is 4.70. The maximum atomic E-state index is 14.6. The Bertz CT molecular complexity index is 885. The molecule has 2 rings (SSSR count). The molecule has 1 fully saturated rings. The lowest BCUT2D eigenvalue weighted by Gasteiger charge is -2.33. The van der Waals surface area contributed by atoms with Crippen LogP contribution in [-0.2, 0) is 14.8 Å². The minimum absolute atomic E-state index is 0.0108. The maximum absolute atomic E-state index is 14.6. The molecule has 30 heavy (non-hydrogen) atoms. The highest BCUT2D eigenvalue weighted by Gasteiger charge is 2.46. The number of hydrogen-bond acceptors (Lipinski definition) is 6. The molecule has 1 aliphatic rings. The molecule has 8 nitrogen and oxygen atoms in total. The van der Waals surface area contributed by atoms with Crippen molar-refractivity contribution >= 4 is 21.9 Å². The summed E-state index contributed by atoms with van der Waals surface area (Å²) in [6, 6.07) is 3.93. The average molecular weight is 449 g/mol. The third-order valence-corrected chi connectivity index (χ3v) is 5.51. The summed E-state index contributed by atoms with van der Waals surface area (Å²) in [5, 5.41) is 7.08. The van der Waals surface area contributed by atoms with E-state index in [1.807, 2.05) is 13.8 Å². The zero-order valence-electron chi connectivity index (χ0n) is 17.9. The average Bonchev–Trinajstić information content (AvgIpc) is 2.84. The first-order valence-corrected chi connectivity index (χ1v) is 11.2. The van der Waals surface area contributed by atoms with Gasteiger partial charge in [-0.2, -0.15) is 0 Å². The molecule has 0 radical (unpaired) electrons. The number of pyridine rings is 1. The minimum Gasteiger partial charge on any atom is -0.444 e. The Kier molecular flexibility index (Phi) is 6.68. The van der Waals surface area contributed by atoms with E-state index in [1.54, 1.807) is 20.8 Å². The zero-order valence-corrected chi connectivity index (χ0v) is 18.7. The number of likely N-dealkylation sites (tertiary alicyclic amines) is 1. The molecule has 1 aromatic rings. The Morgan fingerprint density at radius 2 is 2.00 bits per heavy atom. The molecule has 1 saturated heterocycles. The summed E-state index contributed by atoms with van der Waals surface area (Å²) in [4.78, 5) is 17.7. The number of carbonyl (C=O) groups excluding carboxylic acids is 1. The van der Waals surface area contributed by atoms with Crippen molar-refractivity contribution in [3.05, 3.63) is 18.2 Å². The van der Waals surface area contributed by atoms with Gasteiger partial charge in [0.05, 0.1) is 6.54 Å². The number of ether oxygens (including phenoxy) is 1. The number of aromatic nitrogens is 1. The first-order valence-electron chi connectivity index (χ1n) is 9.61. The number of primary sulfonamides is 1. The first-order chi connectivity index (χ1) is 13.5. The van der Waals surface area contributed by atoms with Crippen LogP contribution < -0.4 is 10.5 Å². The molecule has 11 heteroatoms. The number of rotatable bonds is 6. The van der Waals surface area contributed by atoms with Crippen molar-refractivity contribution in [3.63, 3.8) is 0 Å². The van der Waals surface area contributed by atoms with E-state index in [1.165, 1.54) is 23.1 Å². The molecule has 0 spiro atoms. The van der Waals surface area contributed by atoms with Gasteiger partial charge in [-0.05, 0) is 59.1 Å². The number of halogens is 2. The van der Waals surface area contributed by atoms with E-state index in [4.69, 9.17) is 9.88 Å². The lowest BCUT2D eigenvalue weighted by Crippen LogP contribution is -2.45. The quantitative estimate of drug-likeness (QED) is 0.691. The molecule has 2 heterocycles. The van der Waals surface area contributed by atoms with Gasteiger partial charge in [0.2, 0.25) is 0 Å². The molecule has 170 valence electrons. The van der Waals surface area contributed by atoms with Gasteiger partial charge in [0, 0.05) is 18.5 Å². The van der Waals surface area contributed by atoms with Gasteiger partial charge in [-0.15, -0.1) is 0 Å². The van der Waals surface area contributed by atoms with Crippen LogP contribution in [0, 0.1) is 5.92 Å². The van der Waals surface area contributed by atoms with Gasteiger partial charge >= 0.3 is 6.09 Å². The Hall–Kier alpha value is -2.01. The number of nitrogens with zero attached hydrogens (tertiary/aromatic N) is 2. The molecule has 3 N–H and O–H groups in total. The monoisotopic (exact) mass is 448 g/mol. The van der Waals surface area contributed by atoms with E-state index in [2.05, 4.69) is 10.3 Å². The summed E-state index contributed by atoms with van der Waals surface area (Å²) in [6.45, 7) is 8.37. The summed E-state index contributed by atoms with van der Waals surface area (Å²) in [5.41, 5.74) is -1.26. The van der Waals surface area contributed by atoms with Crippen LogP contribution >= 0.6 is 0 Å². The van der Waals surface area contributed by atoms with Crippen molar-refractivity contribution in [3.8, 4) is 0 Å². The van der Waals surface area contributed by atoms with Gasteiger partial charge in [0.1, 0.15) is 11.4 Å². The van der Waals surface area contributed by atoms with Crippen molar-refractivity contribution in [2.24, 2.45) is 11.1 Å². The molecule has 1 atom stereocenters. The fourth-order valence-electron chi connectivity index (χ4n) is 3.55. The molecule has 1 aromatic heterocycles. The largest absolute Gasteiger partial charge is 0.444 e. The van der Waals surface area contributed by atoms with E-state index in [0.29, 0.717) is 6.42 Å². The normalized spacial score (nSPS) is 19.6.